The Labute approximate surface area is 124 Å². The van der Waals surface area contributed by atoms with Gasteiger partial charge in [0.1, 0.15) is 0 Å². The minimum atomic E-state index is -0.918. The second-order valence-corrected chi connectivity index (χ2v) is 5.28. The number of carboxylic acids is 2. The molecule has 0 saturated heterocycles. The molecule has 7 nitrogen and oxygen atoms in total. The van der Waals surface area contributed by atoms with Crippen molar-refractivity contribution in [2.45, 2.75) is 76.7 Å². The van der Waals surface area contributed by atoms with E-state index in [4.69, 9.17) is 10.2 Å². The summed E-state index contributed by atoms with van der Waals surface area (Å²) in [4.78, 5) is 31.2. The summed E-state index contributed by atoms with van der Waals surface area (Å²) in [6.45, 7) is 0. The van der Waals surface area contributed by atoms with Crippen LogP contribution in [0.1, 0.15) is 70.6 Å². The normalized spacial score (nSPS) is 12.0. The van der Waals surface area contributed by atoms with Crippen LogP contribution < -0.4 is 0 Å². The Morgan fingerprint density at radius 3 is 1.76 bits per heavy atom. The summed E-state index contributed by atoms with van der Waals surface area (Å²) in [5.41, 5.74) is 0. The number of hydrogen-bond acceptors (Lipinski definition) is 4. The molecule has 0 fully saturated rings. The lowest BCUT2D eigenvalue weighted by Gasteiger charge is -2.08. The highest BCUT2D eigenvalue weighted by molar-refractivity contribution is 5.66. The topological polar surface area (TPSA) is 118 Å². The molecule has 0 aromatic heterocycles. The summed E-state index contributed by atoms with van der Waals surface area (Å²) in [5, 5.41) is 27.8. The zero-order chi connectivity index (χ0) is 16.1. The zero-order valence-corrected chi connectivity index (χ0v) is 12.3. The van der Waals surface area contributed by atoms with E-state index in [1.54, 1.807) is 0 Å². The van der Waals surface area contributed by atoms with Crippen LogP contribution in [0.5, 0.6) is 0 Å². The number of unbranched alkanes of at least 4 members (excludes halogenated alkanes) is 5. The van der Waals surface area contributed by atoms with Gasteiger partial charge in [0, 0.05) is 30.6 Å². The first kappa shape index (κ1) is 19.3. The first-order valence-electron chi connectivity index (χ1n) is 7.50. The fourth-order valence-corrected chi connectivity index (χ4v) is 2.21. The van der Waals surface area contributed by atoms with Gasteiger partial charge in [0.15, 0.2) is 0 Å². The van der Waals surface area contributed by atoms with Crippen LogP contribution in [0.3, 0.4) is 0 Å². The average Bonchev–Trinajstić information content (AvgIpc) is 2.38. The highest BCUT2D eigenvalue weighted by Crippen LogP contribution is 2.14. The SMILES string of the molecule is O=C(O)CCCCCCCCC(CCCC(=O)O)[N+](=O)[O-]. The summed E-state index contributed by atoms with van der Waals surface area (Å²) >= 11 is 0. The molecule has 1 unspecified atom stereocenters. The van der Waals surface area contributed by atoms with E-state index in [1.165, 1.54) is 0 Å². The van der Waals surface area contributed by atoms with Crippen LogP contribution in [-0.2, 0) is 9.59 Å². The van der Waals surface area contributed by atoms with E-state index in [1.807, 2.05) is 0 Å². The summed E-state index contributed by atoms with van der Waals surface area (Å²) in [6.07, 6.45) is 6.46. The summed E-state index contributed by atoms with van der Waals surface area (Å²) in [7, 11) is 0. The third-order valence-corrected chi connectivity index (χ3v) is 3.40. The number of nitrogens with zero attached hydrogens (tertiary/aromatic N) is 1. The number of carboxylic acid groups (broad SMARTS) is 2. The Kier molecular flexibility index (Phi) is 11.2. The van der Waals surface area contributed by atoms with Crippen molar-refractivity contribution in [1.82, 2.24) is 0 Å². The first-order chi connectivity index (χ1) is 9.93. The van der Waals surface area contributed by atoms with Gasteiger partial charge < -0.3 is 10.2 Å². The van der Waals surface area contributed by atoms with E-state index in [0.29, 0.717) is 25.7 Å². The van der Waals surface area contributed by atoms with E-state index in [2.05, 4.69) is 0 Å². The second kappa shape index (κ2) is 12.1. The van der Waals surface area contributed by atoms with Crippen LogP contribution in [0.25, 0.3) is 0 Å². The molecule has 0 aromatic carbocycles. The minimum absolute atomic E-state index is 0.0199. The largest absolute Gasteiger partial charge is 0.481 e. The van der Waals surface area contributed by atoms with Gasteiger partial charge in [-0.05, 0) is 19.3 Å². The van der Waals surface area contributed by atoms with Crippen LogP contribution in [-0.4, -0.2) is 33.1 Å². The Balaban J connectivity index is 3.58. The van der Waals surface area contributed by atoms with Crippen molar-refractivity contribution in [2.24, 2.45) is 0 Å². The van der Waals surface area contributed by atoms with E-state index in [9.17, 15) is 19.7 Å². The van der Waals surface area contributed by atoms with E-state index < -0.39 is 18.0 Å². The van der Waals surface area contributed by atoms with Crippen molar-refractivity contribution in [1.29, 1.82) is 0 Å². The molecular weight excluding hydrogens is 278 g/mol. The maximum Gasteiger partial charge on any atom is 0.303 e. The van der Waals surface area contributed by atoms with Crippen molar-refractivity contribution >= 4 is 11.9 Å². The molecule has 0 aliphatic rings. The summed E-state index contributed by atoms with van der Waals surface area (Å²) < 4.78 is 0. The Bertz CT molecular complexity index is 331. The predicted molar refractivity (Wildman–Crippen MR) is 76.8 cm³/mol. The van der Waals surface area contributed by atoms with Crippen molar-refractivity contribution < 1.29 is 24.7 Å². The molecule has 0 saturated carbocycles. The van der Waals surface area contributed by atoms with E-state index in [-0.39, 0.29) is 17.8 Å². The van der Waals surface area contributed by atoms with Gasteiger partial charge in [0.25, 0.3) is 0 Å². The lowest BCUT2D eigenvalue weighted by atomic mass is 10.0. The van der Waals surface area contributed by atoms with Crippen LogP contribution in [0, 0.1) is 10.1 Å². The van der Waals surface area contributed by atoms with Crippen molar-refractivity contribution in [3.63, 3.8) is 0 Å². The van der Waals surface area contributed by atoms with Gasteiger partial charge in [-0.2, -0.15) is 0 Å². The lowest BCUT2D eigenvalue weighted by Crippen LogP contribution is -2.19. The maximum atomic E-state index is 10.8. The van der Waals surface area contributed by atoms with Gasteiger partial charge in [0.05, 0.1) is 0 Å². The summed E-state index contributed by atoms with van der Waals surface area (Å²) in [6, 6.07) is -0.642. The molecule has 1 atom stereocenters. The molecule has 2 N–H and O–H groups in total. The lowest BCUT2D eigenvalue weighted by molar-refractivity contribution is -0.524. The minimum Gasteiger partial charge on any atom is -0.481 e. The maximum absolute atomic E-state index is 10.8. The quantitative estimate of drug-likeness (QED) is 0.289. The molecule has 122 valence electrons. The highest BCUT2D eigenvalue weighted by atomic mass is 16.6. The predicted octanol–water partition coefficient (Wildman–Crippen LogP) is 3.09. The van der Waals surface area contributed by atoms with Crippen LogP contribution in [0.2, 0.25) is 0 Å². The summed E-state index contributed by atoms with van der Waals surface area (Å²) in [5.74, 6) is -1.69. The standard InChI is InChI=1S/C14H25NO6/c16-13(17)10-6-4-2-1-3-5-8-12(15(20)21)9-7-11-14(18)19/h12H,1-11H2,(H,16,17)(H,18,19). The fourth-order valence-electron chi connectivity index (χ4n) is 2.21. The third-order valence-electron chi connectivity index (χ3n) is 3.40. The van der Waals surface area contributed by atoms with Crippen LogP contribution in [0.15, 0.2) is 0 Å². The van der Waals surface area contributed by atoms with E-state index >= 15 is 0 Å². The van der Waals surface area contributed by atoms with Gasteiger partial charge in [-0.1, -0.05) is 25.7 Å². The Morgan fingerprint density at radius 2 is 1.24 bits per heavy atom. The molecular formula is C14H25NO6. The molecule has 7 heteroatoms. The number of hydrogen-bond donors (Lipinski definition) is 2. The molecule has 21 heavy (non-hydrogen) atoms. The van der Waals surface area contributed by atoms with Crippen LogP contribution >= 0.6 is 0 Å². The molecule has 0 bridgehead atoms. The van der Waals surface area contributed by atoms with Crippen molar-refractivity contribution in [3.8, 4) is 0 Å². The second-order valence-electron chi connectivity index (χ2n) is 5.28. The number of carbonyl (C=O) groups is 2. The molecule has 0 aliphatic heterocycles. The van der Waals surface area contributed by atoms with Gasteiger partial charge in [0.2, 0.25) is 6.04 Å². The van der Waals surface area contributed by atoms with Crippen molar-refractivity contribution in [2.75, 3.05) is 0 Å². The van der Waals surface area contributed by atoms with E-state index in [0.717, 1.165) is 32.1 Å². The smallest absolute Gasteiger partial charge is 0.303 e. The van der Waals surface area contributed by atoms with Gasteiger partial charge >= 0.3 is 11.9 Å². The van der Waals surface area contributed by atoms with Crippen LogP contribution in [0.4, 0.5) is 0 Å². The zero-order valence-electron chi connectivity index (χ0n) is 12.3. The first-order valence-corrected chi connectivity index (χ1v) is 7.50. The molecule has 0 spiro atoms. The average molecular weight is 303 g/mol. The molecule has 0 heterocycles. The van der Waals surface area contributed by atoms with Crippen molar-refractivity contribution in [3.05, 3.63) is 10.1 Å². The molecule has 0 aromatic rings. The molecule has 0 radical (unpaired) electrons. The Morgan fingerprint density at radius 1 is 0.810 bits per heavy atom. The number of rotatable bonds is 14. The number of nitro groups is 1. The van der Waals surface area contributed by atoms with Gasteiger partial charge in [-0.25, -0.2) is 0 Å². The fraction of sp³-hybridized carbons (Fsp3) is 0.857. The third kappa shape index (κ3) is 13.1. The molecule has 0 amide bonds. The monoisotopic (exact) mass is 303 g/mol. The number of aliphatic carboxylic acids is 2. The van der Waals surface area contributed by atoms with Gasteiger partial charge in [-0.3, -0.25) is 19.7 Å². The molecule has 0 aliphatic carbocycles. The highest BCUT2D eigenvalue weighted by Gasteiger charge is 2.19. The Hall–Kier alpha value is -1.66. The van der Waals surface area contributed by atoms with Gasteiger partial charge in [-0.15, -0.1) is 0 Å². The molecule has 0 rings (SSSR count).